The Morgan fingerprint density at radius 3 is 2.83 bits per heavy atom. The second-order valence-electron chi connectivity index (χ2n) is 4.64. The molecule has 98 valence electrons. The summed E-state index contributed by atoms with van der Waals surface area (Å²) in [5.41, 5.74) is 0.893. The number of ether oxygens (including phenoxy) is 1. The molecule has 1 saturated carbocycles. The lowest BCUT2D eigenvalue weighted by atomic mass is 10.2. The van der Waals surface area contributed by atoms with Gasteiger partial charge in [0.25, 0.3) is 0 Å². The summed E-state index contributed by atoms with van der Waals surface area (Å²) in [7, 11) is 0. The Balaban J connectivity index is 2.16. The zero-order chi connectivity index (χ0) is 13.1. The van der Waals surface area contributed by atoms with Crippen molar-refractivity contribution in [3.63, 3.8) is 0 Å². The normalized spacial score (nSPS) is 16.1. The maximum atomic E-state index is 10.9. The van der Waals surface area contributed by atoms with Crippen molar-refractivity contribution in [2.24, 2.45) is 5.92 Å². The number of nitrogens with zero attached hydrogens (tertiary/aromatic N) is 1. The van der Waals surface area contributed by atoms with Crippen molar-refractivity contribution in [3.05, 3.63) is 28.3 Å². The first-order valence-corrected chi connectivity index (χ1v) is 6.29. The lowest BCUT2D eigenvalue weighted by molar-refractivity contribution is -0.385. The average molecular weight is 250 g/mol. The molecule has 0 heterocycles. The van der Waals surface area contributed by atoms with Crippen LogP contribution in [-0.4, -0.2) is 17.6 Å². The number of benzene rings is 1. The van der Waals surface area contributed by atoms with E-state index in [0.717, 1.165) is 11.6 Å². The first kappa shape index (κ1) is 12.7. The van der Waals surface area contributed by atoms with Crippen molar-refractivity contribution >= 4 is 11.4 Å². The van der Waals surface area contributed by atoms with E-state index in [4.69, 9.17) is 4.74 Å². The quantitative estimate of drug-likeness (QED) is 0.622. The molecule has 1 aromatic carbocycles. The number of rotatable bonds is 6. The lowest BCUT2D eigenvalue weighted by Gasteiger charge is -2.15. The van der Waals surface area contributed by atoms with Crippen molar-refractivity contribution < 1.29 is 9.66 Å². The molecule has 1 unspecified atom stereocenters. The van der Waals surface area contributed by atoms with Crippen LogP contribution < -0.4 is 10.1 Å². The van der Waals surface area contributed by atoms with E-state index in [0.29, 0.717) is 18.4 Å². The Morgan fingerprint density at radius 1 is 1.56 bits per heavy atom. The molecule has 1 aliphatic rings. The van der Waals surface area contributed by atoms with Gasteiger partial charge in [-0.2, -0.15) is 0 Å². The fourth-order valence-corrected chi connectivity index (χ4v) is 2.00. The highest BCUT2D eigenvalue weighted by Gasteiger charge is 2.28. The summed E-state index contributed by atoms with van der Waals surface area (Å²) in [6, 6.07) is 5.34. The lowest BCUT2D eigenvalue weighted by Crippen LogP contribution is -2.17. The molecule has 1 N–H and O–H groups in total. The molecule has 0 amide bonds. The van der Waals surface area contributed by atoms with Crippen molar-refractivity contribution in [3.8, 4) is 5.75 Å². The van der Waals surface area contributed by atoms with Gasteiger partial charge in [-0.25, -0.2) is 0 Å². The Kier molecular flexibility index (Phi) is 3.69. The van der Waals surface area contributed by atoms with E-state index in [1.807, 2.05) is 6.92 Å². The Bertz CT molecular complexity index is 444. The summed E-state index contributed by atoms with van der Waals surface area (Å²) < 4.78 is 5.31. The van der Waals surface area contributed by atoms with Crippen molar-refractivity contribution in [2.45, 2.75) is 32.7 Å². The molecule has 18 heavy (non-hydrogen) atoms. The third kappa shape index (κ3) is 2.91. The summed E-state index contributed by atoms with van der Waals surface area (Å²) in [6.07, 6.45) is 2.53. The molecule has 0 aliphatic heterocycles. The first-order valence-electron chi connectivity index (χ1n) is 6.29. The van der Waals surface area contributed by atoms with Crippen LogP contribution in [0.5, 0.6) is 5.75 Å². The van der Waals surface area contributed by atoms with Gasteiger partial charge in [0.1, 0.15) is 0 Å². The van der Waals surface area contributed by atoms with E-state index < -0.39 is 4.92 Å². The fraction of sp³-hybridized carbons (Fsp3) is 0.538. The van der Waals surface area contributed by atoms with Crippen LogP contribution in [0.25, 0.3) is 0 Å². The van der Waals surface area contributed by atoms with Gasteiger partial charge in [0.05, 0.1) is 11.5 Å². The van der Waals surface area contributed by atoms with E-state index in [-0.39, 0.29) is 5.69 Å². The highest BCUT2D eigenvalue weighted by molar-refractivity contribution is 5.58. The van der Waals surface area contributed by atoms with E-state index in [1.54, 1.807) is 12.1 Å². The topological polar surface area (TPSA) is 64.4 Å². The number of nitrogens with one attached hydrogen (secondary N) is 1. The maximum Gasteiger partial charge on any atom is 0.311 e. The minimum atomic E-state index is -0.418. The molecular formula is C13H18N2O3. The van der Waals surface area contributed by atoms with Crippen LogP contribution in [0.15, 0.2) is 18.2 Å². The molecular weight excluding hydrogens is 232 g/mol. The van der Waals surface area contributed by atoms with Gasteiger partial charge in [-0.3, -0.25) is 10.1 Å². The number of hydrogen-bond acceptors (Lipinski definition) is 4. The van der Waals surface area contributed by atoms with Gasteiger partial charge in [0, 0.05) is 23.9 Å². The molecule has 0 aromatic heterocycles. The number of nitro groups is 1. The zero-order valence-corrected chi connectivity index (χ0v) is 10.7. The van der Waals surface area contributed by atoms with Crippen LogP contribution in [0.4, 0.5) is 11.4 Å². The van der Waals surface area contributed by atoms with Gasteiger partial charge in [-0.05, 0) is 38.7 Å². The standard InChI is InChI=1S/C13H18N2O3/c1-3-18-13-8-11(6-7-12(13)15(16)17)14-9(2)10-4-5-10/h6-10,14H,3-5H2,1-2H3. The highest BCUT2D eigenvalue weighted by atomic mass is 16.6. The van der Waals surface area contributed by atoms with Crippen LogP contribution in [0.3, 0.4) is 0 Å². The zero-order valence-electron chi connectivity index (χ0n) is 10.7. The second kappa shape index (κ2) is 5.25. The van der Waals surface area contributed by atoms with E-state index >= 15 is 0 Å². The second-order valence-corrected chi connectivity index (χ2v) is 4.64. The summed E-state index contributed by atoms with van der Waals surface area (Å²) in [5, 5.41) is 14.2. The van der Waals surface area contributed by atoms with Crippen LogP contribution in [-0.2, 0) is 0 Å². The van der Waals surface area contributed by atoms with Gasteiger partial charge in [0.15, 0.2) is 5.75 Å². The van der Waals surface area contributed by atoms with Gasteiger partial charge < -0.3 is 10.1 Å². The molecule has 0 saturated heterocycles. The Labute approximate surface area is 106 Å². The molecule has 1 aliphatic carbocycles. The Morgan fingerprint density at radius 2 is 2.28 bits per heavy atom. The van der Waals surface area contributed by atoms with Crippen LogP contribution in [0, 0.1) is 16.0 Å². The highest BCUT2D eigenvalue weighted by Crippen LogP contribution is 2.35. The predicted octanol–water partition coefficient (Wildman–Crippen LogP) is 3.20. The summed E-state index contributed by atoms with van der Waals surface area (Å²) >= 11 is 0. The molecule has 0 bridgehead atoms. The molecule has 5 heteroatoms. The maximum absolute atomic E-state index is 10.9. The minimum absolute atomic E-state index is 0.0153. The fourth-order valence-electron chi connectivity index (χ4n) is 2.00. The SMILES string of the molecule is CCOc1cc(NC(C)C2CC2)ccc1[N+](=O)[O-]. The summed E-state index contributed by atoms with van der Waals surface area (Å²) in [6.45, 7) is 4.37. The van der Waals surface area contributed by atoms with Gasteiger partial charge >= 0.3 is 5.69 Å². The van der Waals surface area contributed by atoms with Crippen molar-refractivity contribution in [1.82, 2.24) is 0 Å². The minimum Gasteiger partial charge on any atom is -0.487 e. The average Bonchev–Trinajstić information content (AvgIpc) is 3.13. The van der Waals surface area contributed by atoms with Gasteiger partial charge in [-0.1, -0.05) is 0 Å². The smallest absolute Gasteiger partial charge is 0.311 e. The third-order valence-electron chi connectivity index (χ3n) is 3.18. The largest absolute Gasteiger partial charge is 0.487 e. The molecule has 0 spiro atoms. The molecule has 1 atom stereocenters. The van der Waals surface area contributed by atoms with E-state index in [2.05, 4.69) is 12.2 Å². The van der Waals surface area contributed by atoms with Crippen molar-refractivity contribution in [2.75, 3.05) is 11.9 Å². The monoisotopic (exact) mass is 250 g/mol. The van der Waals surface area contributed by atoms with Gasteiger partial charge in [-0.15, -0.1) is 0 Å². The first-order chi connectivity index (χ1) is 8.61. The van der Waals surface area contributed by atoms with Gasteiger partial charge in [0.2, 0.25) is 0 Å². The Hall–Kier alpha value is -1.78. The van der Waals surface area contributed by atoms with E-state index in [1.165, 1.54) is 18.9 Å². The van der Waals surface area contributed by atoms with Crippen LogP contribution in [0.2, 0.25) is 0 Å². The molecule has 2 rings (SSSR count). The van der Waals surface area contributed by atoms with Crippen molar-refractivity contribution in [1.29, 1.82) is 0 Å². The third-order valence-corrected chi connectivity index (χ3v) is 3.18. The number of anilines is 1. The number of nitro benzene ring substituents is 1. The molecule has 5 nitrogen and oxygen atoms in total. The molecule has 0 radical (unpaired) electrons. The summed E-state index contributed by atoms with van der Waals surface area (Å²) in [4.78, 5) is 10.4. The van der Waals surface area contributed by atoms with Crippen LogP contribution in [0.1, 0.15) is 26.7 Å². The van der Waals surface area contributed by atoms with Crippen LogP contribution >= 0.6 is 0 Å². The number of hydrogen-bond donors (Lipinski definition) is 1. The summed E-state index contributed by atoms with van der Waals surface area (Å²) in [5.74, 6) is 1.06. The molecule has 1 fully saturated rings. The van der Waals surface area contributed by atoms with E-state index in [9.17, 15) is 10.1 Å². The molecule has 1 aromatic rings. The predicted molar refractivity (Wildman–Crippen MR) is 70.1 cm³/mol.